The topological polar surface area (TPSA) is 34.2 Å². The molecule has 1 aromatic carbocycles. The van der Waals surface area contributed by atoms with Gasteiger partial charge in [0.2, 0.25) is 0 Å². The molecule has 2 aromatic rings. The monoisotopic (exact) mass is 231 g/mol. The minimum absolute atomic E-state index is 0.269. The van der Waals surface area contributed by atoms with Crippen LogP contribution in [0.5, 0.6) is 5.75 Å². The molecule has 1 aliphatic rings. The highest BCUT2D eigenvalue weighted by atomic mass is 16.5. The molecule has 1 unspecified atom stereocenters. The van der Waals surface area contributed by atoms with Gasteiger partial charge in [-0.1, -0.05) is 0 Å². The number of aromatic amines is 1. The number of hydrogen-bond donors (Lipinski definition) is 1. The Morgan fingerprint density at radius 3 is 3.18 bits per heavy atom. The standard InChI is InChI=1S/C14H17NO2/c1-2-8-16-13(3-1)10-17-12-4-5-14-11(9-12)6-7-15-14/h4-7,9,13,15H,1-3,8,10H2. The summed E-state index contributed by atoms with van der Waals surface area (Å²) in [5.41, 5.74) is 1.14. The Kier molecular flexibility index (Phi) is 3.01. The molecule has 0 bridgehead atoms. The molecule has 90 valence electrons. The second-order valence-electron chi connectivity index (χ2n) is 4.53. The third-order valence-electron chi connectivity index (χ3n) is 3.23. The summed E-state index contributed by atoms with van der Waals surface area (Å²) < 4.78 is 11.4. The van der Waals surface area contributed by atoms with Gasteiger partial charge in [0.1, 0.15) is 12.4 Å². The van der Waals surface area contributed by atoms with Crippen molar-refractivity contribution < 1.29 is 9.47 Å². The van der Waals surface area contributed by atoms with Crippen LogP contribution in [0.4, 0.5) is 0 Å². The first-order chi connectivity index (χ1) is 8.42. The van der Waals surface area contributed by atoms with E-state index in [1.807, 2.05) is 18.3 Å². The molecule has 0 saturated carbocycles. The van der Waals surface area contributed by atoms with Crippen LogP contribution in [0.15, 0.2) is 30.5 Å². The van der Waals surface area contributed by atoms with E-state index >= 15 is 0 Å². The summed E-state index contributed by atoms with van der Waals surface area (Å²) in [6.07, 6.45) is 5.77. The van der Waals surface area contributed by atoms with Crippen molar-refractivity contribution in [1.29, 1.82) is 0 Å². The fourth-order valence-electron chi connectivity index (χ4n) is 2.25. The number of fused-ring (bicyclic) bond motifs is 1. The van der Waals surface area contributed by atoms with Crippen LogP contribution in [-0.4, -0.2) is 24.3 Å². The molecule has 0 amide bonds. The minimum atomic E-state index is 0.269. The highest BCUT2D eigenvalue weighted by molar-refractivity contribution is 5.80. The van der Waals surface area contributed by atoms with E-state index in [1.165, 1.54) is 18.2 Å². The first-order valence-electron chi connectivity index (χ1n) is 6.23. The fraction of sp³-hybridized carbons (Fsp3) is 0.429. The van der Waals surface area contributed by atoms with E-state index in [0.717, 1.165) is 24.3 Å². The van der Waals surface area contributed by atoms with Crippen LogP contribution in [0.2, 0.25) is 0 Å². The van der Waals surface area contributed by atoms with Gasteiger partial charge in [0.05, 0.1) is 6.10 Å². The van der Waals surface area contributed by atoms with Gasteiger partial charge in [0, 0.05) is 23.7 Å². The van der Waals surface area contributed by atoms with Gasteiger partial charge in [-0.05, 0) is 43.5 Å². The van der Waals surface area contributed by atoms with Gasteiger partial charge >= 0.3 is 0 Å². The Morgan fingerprint density at radius 2 is 2.29 bits per heavy atom. The summed E-state index contributed by atoms with van der Waals surface area (Å²) in [5, 5.41) is 1.19. The predicted octanol–water partition coefficient (Wildman–Crippen LogP) is 3.12. The van der Waals surface area contributed by atoms with Crippen molar-refractivity contribution in [3.8, 4) is 5.75 Å². The number of rotatable bonds is 3. The lowest BCUT2D eigenvalue weighted by atomic mass is 10.1. The first kappa shape index (κ1) is 10.7. The average Bonchev–Trinajstić information content (AvgIpc) is 2.85. The molecule has 0 aliphatic carbocycles. The molecule has 0 radical (unpaired) electrons. The number of hydrogen-bond acceptors (Lipinski definition) is 2. The molecule has 1 aromatic heterocycles. The van der Waals surface area contributed by atoms with Crippen LogP contribution < -0.4 is 4.74 Å². The zero-order valence-corrected chi connectivity index (χ0v) is 9.82. The van der Waals surface area contributed by atoms with Gasteiger partial charge in [-0.25, -0.2) is 0 Å². The van der Waals surface area contributed by atoms with E-state index in [-0.39, 0.29) is 6.10 Å². The Hall–Kier alpha value is -1.48. The molecule has 1 saturated heterocycles. The fourth-order valence-corrected chi connectivity index (χ4v) is 2.25. The number of benzene rings is 1. The van der Waals surface area contributed by atoms with Gasteiger partial charge in [0.25, 0.3) is 0 Å². The third kappa shape index (κ3) is 2.44. The molecule has 17 heavy (non-hydrogen) atoms. The molecular weight excluding hydrogens is 214 g/mol. The highest BCUT2D eigenvalue weighted by Gasteiger charge is 2.14. The molecule has 3 rings (SSSR count). The van der Waals surface area contributed by atoms with E-state index in [1.54, 1.807) is 0 Å². The lowest BCUT2D eigenvalue weighted by Gasteiger charge is -2.22. The lowest BCUT2D eigenvalue weighted by molar-refractivity contribution is -0.0110. The second-order valence-corrected chi connectivity index (χ2v) is 4.53. The maximum Gasteiger partial charge on any atom is 0.120 e. The third-order valence-corrected chi connectivity index (χ3v) is 3.23. The number of nitrogens with one attached hydrogen (secondary N) is 1. The zero-order valence-electron chi connectivity index (χ0n) is 9.82. The SMILES string of the molecule is c1cc2cc(OCC3CCCCO3)ccc2[nH]1. The summed E-state index contributed by atoms with van der Waals surface area (Å²) >= 11 is 0. The van der Waals surface area contributed by atoms with Crippen molar-refractivity contribution >= 4 is 10.9 Å². The van der Waals surface area contributed by atoms with E-state index in [4.69, 9.17) is 9.47 Å². The number of aromatic nitrogens is 1. The Labute approximate surface area is 101 Å². The smallest absolute Gasteiger partial charge is 0.120 e. The Bertz CT molecular complexity index is 486. The Morgan fingerprint density at radius 1 is 1.29 bits per heavy atom. The quantitative estimate of drug-likeness (QED) is 0.880. The molecular formula is C14H17NO2. The lowest BCUT2D eigenvalue weighted by Crippen LogP contribution is -2.25. The summed E-state index contributed by atoms with van der Waals surface area (Å²) in [7, 11) is 0. The van der Waals surface area contributed by atoms with Crippen LogP contribution in [-0.2, 0) is 4.74 Å². The van der Waals surface area contributed by atoms with Crippen molar-refractivity contribution in [3.63, 3.8) is 0 Å². The predicted molar refractivity (Wildman–Crippen MR) is 67.4 cm³/mol. The highest BCUT2D eigenvalue weighted by Crippen LogP contribution is 2.21. The van der Waals surface area contributed by atoms with E-state index in [9.17, 15) is 0 Å². The average molecular weight is 231 g/mol. The van der Waals surface area contributed by atoms with Crippen molar-refractivity contribution in [2.24, 2.45) is 0 Å². The van der Waals surface area contributed by atoms with Crippen molar-refractivity contribution in [1.82, 2.24) is 4.98 Å². The van der Waals surface area contributed by atoms with E-state index in [0.29, 0.717) is 6.61 Å². The van der Waals surface area contributed by atoms with Gasteiger partial charge in [-0.2, -0.15) is 0 Å². The van der Waals surface area contributed by atoms with Crippen LogP contribution in [0.3, 0.4) is 0 Å². The summed E-state index contributed by atoms with van der Waals surface area (Å²) in [5.74, 6) is 0.922. The molecule has 3 nitrogen and oxygen atoms in total. The summed E-state index contributed by atoms with van der Waals surface area (Å²) in [6.45, 7) is 1.54. The minimum Gasteiger partial charge on any atom is -0.491 e. The maximum absolute atomic E-state index is 5.78. The summed E-state index contributed by atoms with van der Waals surface area (Å²) in [4.78, 5) is 3.17. The zero-order chi connectivity index (χ0) is 11.5. The van der Waals surface area contributed by atoms with Crippen LogP contribution >= 0.6 is 0 Å². The van der Waals surface area contributed by atoms with Gasteiger partial charge < -0.3 is 14.5 Å². The Balaban J connectivity index is 1.63. The first-order valence-corrected chi connectivity index (χ1v) is 6.23. The van der Waals surface area contributed by atoms with Gasteiger partial charge in [-0.3, -0.25) is 0 Å². The second kappa shape index (κ2) is 4.80. The van der Waals surface area contributed by atoms with Crippen LogP contribution in [0.25, 0.3) is 10.9 Å². The molecule has 1 fully saturated rings. The van der Waals surface area contributed by atoms with Gasteiger partial charge in [-0.15, -0.1) is 0 Å². The number of H-pyrrole nitrogens is 1. The van der Waals surface area contributed by atoms with Crippen LogP contribution in [0.1, 0.15) is 19.3 Å². The van der Waals surface area contributed by atoms with Crippen molar-refractivity contribution in [3.05, 3.63) is 30.5 Å². The maximum atomic E-state index is 5.78. The largest absolute Gasteiger partial charge is 0.491 e. The molecule has 1 aliphatic heterocycles. The van der Waals surface area contributed by atoms with Crippen LogP contribution in [0, 0.1) is 0 Å². The number of ether oxygens (including phenoxy) is 2. The van der Waals surface area contributed by atoms with Crippen molar-refractivity contribution in [2.75, 3.05) is 13.2 Å². The molecule has 3 heteroatoms. The normalized spacial score (nSPS) is 20.6. The van der Waals surface area contributed by atoms with E-state index in [2.05, 4.69) is 17.1 Å². The molecule has 1 atom stereocenters. The molecule has 2 heterocycles. The summed E-state index contributed by atoms with van der Waals surface area (Å²) in [6, 6.07) is 8.17. The van der Waals surface area contributed by atoms with Crippen molar-refractivity contribution in [2.45, 2.75) is 25.4 Å². The molecule has 1 N–H and O–H groups in total. The molecule has 0 spiro atoms. The van der Waals surface area contributed by atoms with Gasteiger partial charge in [0.15, 0.2) is 0 Å². The van der Waals surface area contributed by atoms with E-state index < -0.39 is 0 Å².